The smallest absolute Gasteiger partial charge is 0.345 e. The molecule has 1 aliphatic rings. The molecule has 2 aromatic rings. The first-order chi connectivity index (χ1) is 12.6. The third-order valence-corrected chi connectivity index (χ3v) is 4.38. The van der Waals surface area contributed by atoms with Gasteiger partial charge in [0.2, 0.25) is 0 Å². The Balaban J connectivity index is 1.91. The van der Waals surface area contributed by atoms with Gasteiger partial charge in [-0.15, -0.1) is 0 Å². The van der Waals surface area contributed by atoms with Gasteiger partial charge >= 0.3 is 5.97 Å². The SMILES string of the molecule is O=C=C(C(=O)O)C1CN(CCc2ccccc2)C(=O)c2ccccc2N1. The van der Waals surface area contributed by atoms with Gasteiger partial charge in [0.15, 0.2) is 0 Å². The molecule has 6 heteroatoms. The van der Waals surface area contributed by atoms with Crippen LogP contribution in [-0.4, -0.2) is 47.0 Å². The van der Waals surface area contributed by atoms with Gasteiger partial charge in [-0.3, -0.25) is 4.79 Å². The molecule has 26 heavy (non-hydrogen) atoms. The van der Waals surface area contributed by atoms with E-state index in [0.29, 0.717) is 24.2 Å². The average molecular weight is 350 g/mol. The number of hydrogen-bond donors (Lipinski definition) is 2. The van der Waals surface area contributed by atoms with Crippen LogP contribution in [0, 0.1) is 0 Å². The number of nitrogens with one attached hydrogen (secondary N) is 1. The number of para-hydroxylation sites is 1. The summed E-state index contributed by atoms with van der Waals surface area (Å²) in [6.45, 7) is 0.498. The Morgan fingerprint density at radius 3 is 2.54 bits per heavy atom. The number of nitrogens with zero attached hydrogens (tertiary/aromatic N) is 1. The molecule has 1 atom stereocenters. The maximum Gasteiger partial charge on any atom is 0.345 e. The highest BCUT2D eigenvalue weighted by atomic mass is 16.4. The number of fused-ring (bicyclic) bond motifs is 1. The molecule has 132 valence electrons. The molecule has 1 aliphatic heterocycles. The maximum absolute atomic E-state index is 12.9. The second kappa shape index (κ2) is 7.68. The summed E-state index contributed by atoms with van der Waals surface area (Å²) in [7, 11) is 0. The minimum absolute atomic E-state index is 0.0806. The van der Waals surface area contributed by atoms with E-state index >= 15 is 0 Å². The van der Waals surface area contributed by atoms with Crippen LogP contribution in [0.2, 0.25) is 0 Å². The number of carboxylic acids is 1. The van der Waals surface area contributed by atoms with Crippen molar-refractivity contribution in [1.29, 1.82) is 0 Å². The monoisotopic (exact) mass is 350 g/mol. The first kappa shape index (κ1) is 17.5. The van der Waals surface area contributed by atoms with E-state index in [1.165, 1.54) is 5.94 Å². The van der Waals surface area contributed by atoms with Crippen molar-refractivity contribution in [1.82, 2.24) is 4.90 Å². The van der Waals surface area contributed by atoms with Gasteiger partial charge < -0.3 is 15.3 Å². The number of rotatable bonds is 5. The van der Waals surface area contributed by atoms with E-state index < -0.39 is 17.6 Å². The quantitative estimate of drug-likeness (QED) is 0.636. The average Bonchev–Trinajstić information content (AvgIpc) is 2.78. The van der Waals surface area contributed by atoms with E-state index in [-0.39, 0.29) is 12.5 Å². The molecule has 2 N–H and O–H groups in total. The zero-order valence-electron chi connectivity index (χ0n) is 14.0. The van der Waals surface area contributed by atoms with Crippen molar-refractivity contribution in [2.45, 2.75) is 12.5 Å². The van der Waals surface area contributed by atoms with Crippen LogP contribution in [0.3, 0.4) is 0 Å². The third-order valence-electron chi connectivity index (χ3n) is 4.38. The van der Waals surface area contributed by atoms with Gasteiger partial charge in [-0.05, 0) is 24.1 Å². The molecule has 6 nitrogen and oxygen atoms in total. The van der Waals surface area contributed by atoms with Crippen LogP contribution in [0.5, 0.6) is 0 Å². The number of anilines is 1. The maximum atomic E-state index is 12.9. The predicted octanol–water partition coefficient (Wildman–Crippen LogP) is 2.01. The lowest BCUT2D eigenvalue weighted by molar-refractivity contribution is -0.132. The molecule has 0 bridgehead atoms. The Bertz CT molecular complexity index is 872. The Labute approximate surface area is 150 Å². The molecule has 0 spiro atoms. The second-order valence-electron chi connectivity index (χ2n) is 6.05. The second-order valence-corrected chi connectivity index (χ2v) is 6.05. The van der Waals surface area contributed by atoms with Gasteiger partial charge in [-0.1, -0.05) is 42.5 Å². The molecule has 0 saturated heterocycles. The molecule has 1 unspecified atom stereocenters. The molecular formula is C20H18N2O4. The van der Waals surface area contributed by atoms with Crippen LogP contribution in [-0.2, 0) is 16.0 Å². The van der Waals surface area contributed by atoms with Crippen molar-refractivity contribution in [3.05, 3.63) is 71.3 Å². The lowest BCUT2D eigenvalue weighted by Crippen LogP contribution is -2.41. The van der Waals surface area contributed by atoms with E-state index in [4.69, 9.17) is 0 Å². The van der Waals surface area contributed by atoms with Gasteiger partial charge in [0.25, 0.3) is 5.91 Å². The van der Waals surface area contributed by atoms with Crippen molar-refractivity contribution >= 4 is 23.5 Å². The Morgan fingerprint density at radius 1 is 1.15 bits per heavy atom. The zero-order valence-corrected chi connectivity index (χ0v) is 14.0. The number of aliphatic carboxylic acids is 1. The summed E-state index contributed by atoms with van der Waals surface area (Å²) >= 11 is 0. The van der Waals surface area contributed by atoms with E-state index in [0.717, 1.165) is 5.56 Å². The number of carbonyl (C=O) groups excluding carboxylic acids is 2. The fourth-order valence-electron chi connectivity index (χ4n) is 3.03. The van der Waals surface area contributed by atoms with Crippen LogP contribution in [0.4, 0.5) is 5.69 Å². The fraction of sp³-hybridized carbons (Fsp3) is 0.200. The first-order valence-corrected chi connectivity index (χ1v) is 8.27. The summed E-state index contributed by atoms with van der Waals surface area (Å²) in [6, 6.07) is 15.8. The summed E-state index contributed by atoms with van der Waals surface area (Å²) in [5.74, 6) is -0.0272. The molecule has 0 saturated carbocycles. The van der Waals surface area contributed by atoms with Crippen molar-refractivity contribution in [3.8, 4) is 0 Å². The highest BCUT2D eigenvalue weighted by Gasteiger charge is 2.31. The van der Waals surface area contributed by atoms with Crippen LogP contribution < -0.4 is 5.32 Å². The van der Waals surface area contributed by atoms with Crippen molar-refractivity contribution < 1.29 is 19.5 Å². The molecule has 1 amide bonds. The standard InChI is InChI=1S/C20H18N2O4/c23-13-16(20(25)26)18-12-22(11-10-14-6-2-1-3-7-14)19(24)15-8-4-5-9-17(15)21-18/h1-9,18,21H,10-12H2,(H,25,26). The summed E-state index contributed by atoms with van der Waals surface area (Å²) in [6.07, 6.45) is 0.634. The number of carboxylic acid groups (broad SMARTS) is 1. The normalized spacial score (nSPS) is 16.1. The van der Waals surface area contributed by atoms with E-state index in [9.17, 15) is 19.5 Å². The minimum atomic E-state index is -1.34. The number of benzene rings is 2. The largest absolute Gasteiger partial charge is 0.477 e. The molecule has 0 fully saturated rings. The zero-order chi connectivity index (χ0) is 18.5. The molecule has 1 heterocycles. The summed E-state index contributed by atoms with van der Waals surface area (Å²) in [4.78, 5) is 37.0. The highest BCUT2D eigenvalue weighted by Crippen LogP contribution is 2.24. The van der Waals surface area contributed by atoms with Crippen molar-refractivity contribution in [3.63, 3.8) is 0 Å². The summed E-state index contributed by atoms with van der Waals surface area (Å²) < 4.78 is 0. The number of carbonyl (C=O) groups is 2. The van der Waals surface area contributed by atoms with E-state index in [1.807, 2.05) is 30.3 Å². The van der Waals surface area contributed by atoms with E-state index in [2.05, 4.69) is 5.32 Å². The molecule has 2 aromatic carbocycles. The van der Waals surface area contributed by atoms with Gasteiger partial charge in [-0.2, -0.15) is 0 Å². The first-order valence-electron chi connectivity index (χ1n) is 8.27. The van der Waals surface area contributed by atoms with Crippen LogP contribution >= 0.6 is 0 Å². The van der Waals surface area contributed by atoms with Crippen molar-refractivity contribution in [2.75, 3.05) is 18.4 Å². The number of amides is 1. The predicted molar refractivity (Wildman–Crippen MR) is 96.7 cm³/mol. The summed E-state index contributed by atoms with van der Waals surface area (Å²) in [5, 5.41) is 12.3. The Hall–Kier alpha value is -3.37. The van der Waals surface area contributed by atoms with E-state index in [1.54, 1.807) is 29.2 Å². The lowest BCUT2D eigenvalue weighted by Gasteiger charge is -2.24. The van der Waals surface area contributed by atoms with Crippen LogP contribution in [0.25, 0.3) is 0 Å². The van der Waals surface area contributed by atoms with Gasteiger partial charge in [0, 0.05) is 18.8 Å². The highest BCUT2D eigenvalue weighted by molar-refractivity contribution is 6.02. The fourth-order valence-corrected chi connectivity index (χ4v) is 3.03. The van der Waals surface area contributed by atoms with Gasteiger partial charge in [-0.25, -0.2) is 9.59 Å². The third kappa shape index (κ3) is 3.66. The summed E-state index contributed by atoms with van der Waals surface area (Å²) in [5.41, 5.74) is 1.63. The molecular weight excluding hydrogens is 332 g/mol. The lowest BCUT2D eigenvalue weighted by atomic mass is 10.1. The topological polar surface area (TPSA) is 86.7 Å². The molecule has 0 aliphatic carbocycles. The van der Waals surface area contributed by atoms with Crippen LogP contribution in [0.1, 0.15) is 15.9 Å². The van der Waals surface area contributed by atoms with Gasteiger partial charge in [0.05, 0.1) is 11.6 Å². The Morgan fingerprint density at radius 2 is 1.85 bits per heavy atom. The van der Waals surface area contributed by atoms with Crippen LogP contribution in [0.15, 0.2) is 60.2 Å². The molecule has 0 aromatic heterocycles. The molecule has 0 radical (unpaired) electrons. The van der Waals surface area contributed by atoms with Crippen molar-refractivity contribution in [2.24, 2.45) is 0 Å². The van der Waals surface area contributed by atoms with Gasteiger partial charge in [0.1, 0.15) is 11.5 Å². The Kier molecular flexibility index (Phi) is 5.15. The minimum Gasteiger partial charge on any atom is -0.477 e. The number of hydrogen-bond acceptors (Lipinski definition) is 4. The molecule has 3 rings (SSSR count).